The number of hydrogen-bond acceptors (Lipinski definition) is 0. The first-order valence-corrected chi connectivity index (χ1v) is 5.81. The Kier molecular flexibility index (Phi) is 3.53. The Labute approximate surface area is 93.5 Å². The number of rotatable bonds is 3. The van der Waals surface area contributed by atoms with Crippen LogP contribution >= 0.6 is 9.24 Å². The summed E-state index contributed by atoms with van der Waals surface area (Å²) in [6.45, 7) is 0. The maximum atomic E-state index is 2.71. The summed E-state index contributed by atoms with van der Waals surface area (Å²) in [6, 6.07) is 19.3. The lowest BCUT2D eigenvalue weighted by atomic mass is 10.0. The van der Waals surface area contributed by atoms with Gasteiger partial charge in [0.2, 0.25) is 0 Å². The maximum Gasteiger partial charge on any atom is -0.0238 e. The molecule has 0 N–H and O–H groups in total. The van der Waals surface area contributed by atoms with Crippen LogP contribution in [0.5, 0.6) is 0 Å². The molecule has 0 radical (unpaired) electrons. The average molecular weight is 214 g/mol. The molecule has 2 rings (SSSR count). The molecule has 2 aromatic rings. The van der Waals surface area contributed by atoms with Crippen molar-refractivity contribution in [3.63, 3.8) is 0 Å². The first-order valence-electron chi connectivity index (χ1n) is 5.23. The van der Waals surface area contributed by atoms with Crippen LogP contribution < -0.4 is 5.30 Å². The van der Waals surface area contributed by atoms with Gasteiger partial charge >= 0.3 is 0 Å². The molecule has 0 aromatic heterocycles. The monoisotopic (exact) mass is 214 g/mol. The minimum atomic E-state index is 1.12. The first-order chi connectivity index (χ1) is 7.34. The lowest BCUT2D eigenvalue weighted by Crippen LogP contribution is -1.94. The van der Waals surface area contributed by atoms with Gasteiger partial charge in [0.25, 0.3) is 0 Å². The molecule has 0 saturated heterocycles. The molecule has 0 aliphatic heterocycles. The van der Waals surface area contributed by atoms with Gasteiger partial charge in [-0.3, -0.25) is 0 Å². The Balaban J connectivity index is 1.96. The van der Waals surface area contributed by atoms with Crippen LogP contribution in [0.15, 0.2) is 54.6 Å². The van der Waals surface area contributed by atoms with Crippen molar-refractivity contribution in [2.45, 2.75) is 12.8 Å². The molecule has 2 aromatic carbocycles. The predicted molar refractivity (Wildman–Crippen MR) is 69.6 cm³/mol. The van der Waals surface area contributed by atoms with Crippen LogP contribution in [-0.2, 0) is 12.8 Å². The summed E-state index contributed by atoms with van der Waals surface area (Å²) in [6.07, 6.45) is 2.24. The highest BCUT2D eigenvalue weighted by Gasteiger charge is 1.94. The molecule has 0 amide bonds. The average Bonchev–Trinajstić information content (AvgIpc) is 2.30. The van der Waals surface area contributed by atoms with Gasteiger partial charge in [-0.15, -0.1) is 9.24 Å². The van der Waals surface area contributed by atoms with E-state index in [1.807, 2.05) is 0 Å². The van der Waals surface area contributed by atoms with E-state index >= 15 is 0 Å². The van der Waals surface area contributed by atoms with Gasteiger partial charge in [0.05, 0.1) is 0 Å². The van der Waals surface area contributed by atoms with Crippen LogP contribution in [0, 0.1) is 0 Å². The highest BCUT2D eigenvalue weighted by atomic mass is 31.0. The Hall–Kier alpha value is -1.13. The van der Waals surface area contributed by atoms with Crippen LogP contribution in [0.2, 0.25) is 0 Å². The van der Waals surface area contributed by atoms with Crippen molar-refractivity contribution in [3.05, 3.63) is 65.7 Å². The third-order valence-corrected chi connectivity index (χ3v) is 2.91. The van der Waals surface area contributed by atoms with Crippen LogP contribution in [0.3, 0.4) is 0 Å². The molecule has 0 fully saturated rings. The standard InChI is InChI=1S/C14H15P/c15-14-10-8-13(9-11-14)7-6-12-4-2-1-3-5-12/h1-5,8-11H,6-7,15H2. The van der Waals surface area contributed by atoms with Gasteiger partial charge in [-0.2, -0.15) is 0 Å². The second kappa shape index (κ2) is 5.09. The molecule has 0 aliphatic rings. The molecule has 1 atom stereocenters. The lowest BCUT2D eigenvalue weighted by molar-refractivity contribution is 0.961. The van der Waals surface area contributed by atoms with Crippen molar-refractivity contribution in [2.75, 3.05) is 0 Å². The quantitative estimate of drug-likeness (QED) is 0.689. The van der Waals surface area contributed by atoms with Gasteiger partial charge in [-0.1, -0.05) is 54.6 Å². The molecule has 0 nitrogen and oxygen atoms in total. The first kappa shape index (κ1) is 10.4. The molecule has 76 valence electrons. The summed E-state index contributed by atoms with van der Waals surface area (Å²) < 4.78 is 0. The smallest absolute Gasteiger partial charge is 0.0238 e. The van der Waals surface area contributed by atoms with Crippen molar-refractivity contribution in [1.29, 1.82) is 0 Å². The largest absolute Gasteiger partial charge is 0.106 e. The van der Waals surface area contributed by atoms with E-state index in [-0.39, 0.29) is 0 Å². The Morgan fingerprint density at radius 2 is 1.20 bits per heavy atom. The SMILES string of the molecule is Pc1ccc(CCc2ccccc2)cc1. The summed E-state index contributed by atoms with van der Waals surface area (Å²) in [7, 11) is 2.71. The number of hydrogen-bond donors (Lipinski definition) is 0. The zero-order valence-corrected chi connectivity index (χ0v) is 9.84. The zero-order valence-electron chi connectivity index (χ0n) is 8.69. The molecule has 0 aliphatic carbocycles. The molecule has 0 saturated carbocycles. The summed E-state index contributed by atoms with van der Waals surface area (Å²) in [5, 5.41) is 1.25. The maximum absolute atomic E-state index is 2.71. The Bertz CT molecular complexity index is 403. The molecular formula is C14H15P. The third-order valence-electron chi connectivity index (χ3n) is 2.52. The van der Waals surface area contributed by atoms with Crippen molar-refractivity contribution in [3.8, 4) is 0 Å². The second-order valence-electron chi connectivity index (χ2n) is 3.73. The van der Waals surface area contributed by atoms with Gasteiger partial charge in [0, 0.05) is 0 Å². The molecule has 1 heteroatoms. The fourth-order valence-corrected chi connectivity index (χ4v) is 1.81. The normalized spacial score (nSPS) is 10.2. The van der Waals surface area contributed by atoms with E-state index < -0.39 is 0 Å². The highest BCUT2D eigenvalue weighted by molar-refractivity contribution is 7.27. The highest BCUT2D eigenvalue weighted by Crippen LogP contribution is 2.06. The molecule has 0 bridgehead atoms. The van der Waals surface area contributed by atoms with Gasteiger partial charge < -0.3 is 0 Å². The van der Waals surface area contributed by atoms with Gasteiger partial charge in [-0.05, 0) is 29.3 Å². The van der Waals surface area contributed by atoms with E-state index in [2.05, 4.69) is 63.8 Å². The van der Waals surface area contributed by atoms with Crippen LogP contribution in [0.25, 0.3) is 0 Å². The molecule has 0 spiro atoms. The van der Waals surface area contributed by atoms with E-state index in [1.54, 1.807) is 0 Å². The minimum Gasteiger partial charge on any atom is -0.106 e. The predicted octanol–water partition coefficient (Wildman–Crippen LogP) is 2.97. The van der Waals surface area contributed by atoms with E-state index in [0.29, 0.717) is 0 Å². The summed E-state index contributed by atoms with van der Waals surface area (Å²) in [5.74, 6) is 0. The van der Waals surface area contributed by atoms with E-state index in [9.17, 15) is 0 Å². The molecule has 15 heavy (non-hydrogen) atoms. The topological polar surface area (TPSA) is 0 Å². The summed E-state index contributed by atoms with van der Waals surface area (Å²) in [5.41, 5.74) is 2.82. The Morgan fingerprint density at radius 3 is 1.80 bits per heavy atom. The van der Waals surface area contributed by atoms with Crippen molar-refractivity contribution < 1.29 is 0 Å². The van der Waals surface area contributed by atoms with E-state index in [1.165, 1.54) is 16.4 Å². The molecule has 0 heterocycles. The van der Waals surface area contributed by atoms with Gasteiger partial charge in [0.1, 0.15) is 0 Å². The number of benzene rings is 2. The fraction of sp³-hybridized carbons (Fsp3) is 0.143. The second-order valence-corrected chi connectivity index (χ2v) is 4.39. The van der Waals surface area contributed by atoms with Gasteiger partial charge in [-0.25, -0.2) is 0 Å². The van der Waals surface area contributed by atoms with Crippen LogP contribution in [-0.4, -0.2) is 0 Å². The van der Waals surface area contributed by atoms with Crippen molar-refractivity contribution in [1.82, 2.24) is 0 Å². The number of aryl methyl sites for hydroxylation is 2. The van der Waals surface area contributed by atoms with E-state index in [4.69, 9.17) is 0 Å². The minimum absolute atomic E-state index is 1.12. The van der Waals surface area contributed by atoms with Crippen molar-refractivity contribution >= 4 is 14.5 Å². The zero-order chi connectivity index (χ0) is 10.5. The third kappa shape index (κ3) is 3.18. The fourth-order valence-electron chi connectivity index (χ4n) is 1.62. The van der Waals surface area contributed by atoms with Crippen molar-refractivity contribution in [2.24, 2.45) is 0 Å². The van der Waals surface area contributed by atoms with Crippen LogP contribution in [0.1, 0.15) is 11.1 Å². The molecular weight excluding hydrogens is 199 g/mol. The van der Waals surface area contributed by atoms with E-state index in [0.717, 1.165) is 12.8 Å². The van der Waals surface area contributed by atoms with Crippen LogP contribution in [0.4, 0.5) is 0 Å². The lowest BCUT2D eigenvalue weighted by Gasteiger charge is -2.02. The van der Waals surface area contributed by atoms with Gasteiger partial charge in [0.15, 0.2) is 0 Å². The summed E-state index contributed by atoms with van der Waals surface area (Å²) in [4.78, 5) is 0. The molecule has 1 unspecified atom stereocenters. The summed E-state index contributed by atoms with van der Waals surface area (Å²) >= 11 is 0. The Morgan fingerprint density at radius 1 is 0.667 bits per heavy atom.